The molecule has 0 saturated carbocycles. The first kappa shape index (κ1) is 12.5. The van der Waals surface area contributed by atoms with Crippen molar-refractivity contribution in [2.75, 3.05) is 7.05 Å². The Labute approximate surface area is 113 Å². The quantitative estimate of drug-likeness (QED) is 0.863. The van der Waals surface area contributed by atoms with Gasteiger partial charge in [-0.1, -0.05) is 6.07 Å². The first-order valence-electron chi connectivity index (χ1n) is 5.29. The molecule has 0 fully saturated rings. The van der Waals surface area contributed by atoms with Crippen molar-refractivity contribution < 1.29 is 4.39 Å². The molecule has 2 rings (SSSR count). The van der Waals surface area contributed by atoms with Gasteiger partial charge in [0.2, 0.25) is 0 Å². The fourth-order valence-electron chi connectivity index (χ4n) is 1.66. The summed E-state index contributed by atoms with van der Waals surface area (Å²) < 4.78 is 16.4. The van der Waals surface area contributed by atoms with Gasteiger partial charge in [-0.05, 0) is 47.3 Å². The van der Waals surface area contributed by atoms with Crippen LogP contribution in [0.25, 0.3) is 0 Å². The van der Waals surface area contributed by atoms with Gasteiger partial charge in [0.05, 0.1) is 16.3 Å². The summed E-state index contributed by atoms with van der Waals surface area (Å²) in [6.45, 7) is 1.20. The fraction of sp³-hybridized carbons (Fsp3) is 0.250. The van der Waals surface area contributed by atoms with Gasteiger partial charge in [-0.15, -0.1) is 0 Å². The van der Waals surface area contributed by atoms with Gasteiger partial charge in [0.1, 0.15) is 5.82 Å². The highest BCUT2D eigenvalue weighted by Crippen LogP contribution is 2.13. The van der Waals surface area contributed by atoms with E-state index < -0.39 is 0 Å². The summed E-state index contributed by atoms with van der Waals surface area (Å²) in [6, 6.07) is 5.18. The zero-order valence-corrected chi connectivity index (χ0v) is 11.6. The first-order valence-corrected chi connectivity index (χ1v) is 6.37. The van der Waals surface area contributed by atoms with E-state index in [0.717, 1.165) is 15.7 Å². The molecule has 0 spiro atoms. The maximum Gasteiger partial charge on any atom is 0.128 e. The highest BCUT2D eigenvalue weighted by molar-refractivity contribution is 14.1. The highest BCUT2D eigenvalue weighted by atomic mass is 127. The highest BCUT2D eigenvalue weighted by Gasteiger charge is 2.05. The van der Waals surface area contributed by atoms with E-state index >= 15 is 0 Å². The van der Waals surface area contributed by atoms with E-state index in [-0.39, 0.29) is 5.82 Å². The zero-order valence-electron chi connectivity index (χ0n) is 9.45. The maximum absolute atomic E-state index is 13.6. The van der Waals surface area contributed by atoms with E-state index in [9.17, 15) is 4.39 Å². The molecule has 2 aromatic rings. The predicted molar refractivity (Wildman–Crippen MR) is 73.2 cm³/mol. The number of halogens is 2. The molecule has 0 aliphatic rings. The third-order valence-corrected chi connectivity index (χ3v) is 2.98. The average Bonchev–Trinajstić information content (AvgIpc) is 2.69. The minimum absolute atomic E-state index is 0.185. The molecule has 0 aliphatic carbocycles. The van der Waals surface area contributed by atoms with Crippen molar-refractivity contribution in [3.05, 3.63) is 51.1 Å². The number of nitrogens with one attached hydrogen (secondary N) is 1. The van der Waals surface area contributed by atoms with E-state index in [4.69, 9.17) is 0 Å². The standard InChI is InChI=1S/C12H13FIN3/c1-15-5-9-2-3-12(13)10(4-9)7-17-8-11(14)6-16-17/h2-4,6,8,15H,5,7H2,1H3. The van der Waals surface area contributed by atoms with Crippen LogP contribution in [0.2, 0.25) is 0 Å². The van der Waals surface area contributed by atoms with Gasteiger partial charge in [0.15, 0.2) is 0 Å². The second kappa shape index (κ2) is 5.59. The molecular formula is C12H13FIN3. The molecule has 0 atom stereocenters. The summed E-state index contributed by atoms with van der Waals surface area (Å²) in [5.41, 5.74) is 1.74. The molecule has 1 aromatic carbocycles. The molecule has 5 heteroatoms. The van der Waals surface area contributed by atoms with Crippen LogP contribution in [-0.4, -0.2) is 16.8 Å². The normalized spacial score (nSPS) is 10.8. The van der Waals surface area contributed by atoms with Crippen LogP contribution in [0.5, 0.6) is 0 Å². The van der Waals surface area contributed by atoms with Crippen LogP contribution >= 0.6 is 22.6 Å². The van der Waals surface area contributed by atoms with Crippen LogP contribution < -0.4 is 5.32 Å². The van der Waals surface area contributed by atoms with Crippen LogP contribution in [0.15, 0.2) is 30.6 Å². The lowest BCUT2D eigenvalue weighted by atomic mass is 10.1. The summed E-state index contributed by atoms with van der Waals surface area (Å²) >= 11 is 2.19. The van der Waals surface area contributed by atoms with Gasteiger partial charge in [-0.3, -0.25) is 4.68 Å². The van der Waals surface area contributed by atoms with Crippen LogP contribution in [-0.2, 0) is 13.1 Å². The molecule has 0 aliphatic heterocycles. The van der Waals surface area contributed by atoms with Gasteiger partial charge >= 0.3 is 0 Å². The molecule has 1 heterocycles. The van der Waals surface area contributed by atoms with Crippen molar-refractivity contribution in [2.45, 2.75) is 13.1 Å². The lowest BCUT2D eigenvalue weighted by molar-refractivity contribution is 0.583. The summed E-state index contributed by atoms with van der Waals surface area (Å²) in [5, 5.41) is 7.21. The molecule has 0 radical (unpaired) electrons. The Morgan fingerprint density at radius 2 is 2.29 bits per heavy atom. The summed E-state index contributed by atoms with van der Waals surface area (Å²) in [5.74, 6) is -0.185. The number of aromatic nitrogens is 2. The molecule has 0 bridgehead atoms. The van der Waals surface area contributed by atoms with Crippen LogP contribution in [0.1, 0.15) is 11.1 Å². The molecule has 90 valence electrons. The molecule has 3 nitrogen and oxygen atoms in total. The minimum atomic E-state index is -0.185. The van der Waals surface area contributed by atoms with Gasteiger partial charge in [-0.25, -0.2) is 4.39 Å². The topological polar surface area (TPSA) is 29.9 Å². The maximum atomic E-state index is 13.6. The molecule has 0 amide bonds. The van der Waals surface area contributed by atoms with Gasteiger partial charge in [0, 0.05) is 18.3 Å². The van der Waals surface area contributed by atoms with Crippen molar-refractivity contribution in [1.29, 1.82) is 0 Å². The summed E-state index contributed by atoms with van der Waals surface area (Å²) in [4.78, 5) is 0. The van der Waals surface area contributed by atoms with E-state index in [1.165, 1.54) is 6.07 Å². The Morgan fingerprint density at radius 1 is 1.47 bits per heavy atom. The average molecular weight is 345 g/mol. The molecule has 17 heavy (non-hydrogen) atoms. The van der Waals surface area contributed by atoms with E-state index in [1.807, 2.05) is 19.3 Å². The van der Waals surface area contributed by atoms with Crippen molar-refractivity contribution in [1.82, 2.24) is 15.1 Å². The summed E-state index contributed by atoms with van der Waals surface area (Å²) in [6.07, 6.45) is 3.65. The monoisotopic (exact) mass is 345 g/mol. The third-order valence-electron chi connectivity index (χ3n) is 2.43. The molecular weight excluding hydrogens is 332 g/mol. The van der Waals surface area contributed by atoms with Crippen LogP contribution in [0.3, 0.4) is 0 Å². The number of hydrogen-bond donors (Lipinski definition) is 1. The number of rotatable bonds is 4. The predicted octanol–water partition coefficient (Wildman–Crippen LogP) is 2.39. The van der Waals surface area contributed by atoms with E-state index in [0.29, 0.717) is 12.1 Å². The fourth-order valence-corrected chi connectivity index (χ4v) is 2.11. The lowest BCUT2D eigenvalue weighted by Gasteiger charge is -2.07. The Kier molecular flexibility index (Phi) is 4.11. The van der Waals surface area contributed by atoms with Gasteiger partial charge in [-0.2, -0.15) is 5.10 Å². The Hall–Kier alpha value is -0.950. The summed E-state index contributed by atoms with van der Waals surface area (Å²) in [7, 11) is 1.87. The van der Waals surface area contributed by atoms with Crippen molar-refractivity contribution in [3.8, 4) is 0 Å². The first-order chi connectivity index (χ1) is 8.19. The Balaban J connectivity index is 2.22. The third kappa shape index (κ3) is 3.26. The second-order valence-electron chi connectivity index (χ2n) is 3.81. The van der Waals surface area contributed by atoms with Gasteiger partial charge < -0.3 is 5.32 Å². The van der Waals surface area contributed by atoms with Gasteiger partial charge in [0.25, 0.3) is 0 Å². The van der Waals surface area contributed by atoms with Crippen LogP contribution in [0, 0.1) is 9.39 Å². The second-order valence-corrected chi connectivity index (χ2v) is 5.06. The molecule has 1 N–H and O–H groups in total. The largest absolute Gasteiger partial charge is 0.316 e. The molecule has 1 aromatic heterocycles. The van der Waals surface area contributed by atoms with E-state index in [2.05, 4.69) is 33.0 Å². The lowest BCUT2D eigenvalue weighted by Crippen LogP contribution is -2.07. The Morgan fingerprint density at radius 3 is 2.94 bits per heavy atom. The zero-order chi connectivity index (χ0) is 12.3. The van der Waals surface area contributed by atoms with E-state index in [1.54, 1.807) is 16.9 Å². The van der Waals surface area contributed by atoms with Crippen molar-refractivity contribution in [2.24, 2.45) is 0 Å². The number of hydrogen-bond acceptors (Lipinski definition) is 2. The Bertz CT molecular complexity index is 510. The van der Waals surface area contributed by atoms with Crippen molar-refractivity contribution >= 4 is 22.6 Å². The molecule has 0 unspecified atom stereocenters. The smallest absolute Gasteiger partial charge is 0.128 e. The number of nitrogens with zero attached hydrogens (tertiary/aromatic N) is 2. The number of benzene rings is 1. The minimum Gasteiger partial charge on any atom is -0.316 e. The van der Waals surface area contributed by atoms with Crippen molar-refractivity contribution in [3.63, 3.8) is 0 Å². The molecule has 0 saturated heterocycles. The van der Waals surface area contributed by atoms with Crippen LogP contribution in [0.4, 0.5) is 4.39 Å². The SMILES string of the molecule is CNCc1ccc(F)c(Cn2cc(I)cn2)c1.